The lowest BCUT2D eigenvalue weighted by Crippen LogP contribution is -2.99. The summed E-state index contributed by atoms with van der Waals surface area (Å²) in [5.41, 5.74) is 2.53. The number of carbonyl (C=O) groups excluding carboxylic acids is 1. The van der Waals surface area contributed by atoms with Gasteiger partial charge in [-0.2, -0.15) is 10.5 Å². The van der Waals surface area contributed by atoms with E-state index in [0.717, 1.165) is 0 Å². The molecule has 7 nitrogen and oxygen atoms in total. The minimum Gasteiger partial charge on any atom is -0.595 e. The van der Waals surface area contributed by atoms with Crippen molar-refractivity contribution in [3.63, 3.8) is 0 Å². The third-order valence-corrected chi connectivity index (χ3v) is 3.75. The summed E-state index contributed by atoms with van der Waals surface area (Å²) < 4.78 is 4.83. The zero-order valence-electron chi connectivity index (χ0n) is 13.0. The van der Waals surface area contributed by atoms with E-state index >= 15 is 0 Å². The molecule has 0 fully saturated rings. The van der Waals surface area contributed by atoms with Crippen LogP contribution in [-0.4, -0.2) is 18.3 Å². The molecule has 1 aromatic rings. The van der Waals surface area contributed by atoms with Crippen LogP contribution in [0.5, 0.6) is 0 Å². The highest BCUT2D eigenvalue weighted by Crippen LogP contribution is 2.38. The average Bonchev–Trinajstić information content (AvgIpc) is 2.53. The molecule has 0 spiro atoms. The molecule has 23 heavy (non-hydrogen) atoms. The molecule has 1 aliphatic rings. The summed E-state index contributed by atoms with van der Waals surface area (Å²) in [5, 5.41) is 31.8. The van der Waals surface area contributed by atoms with Gasteiger partial charge in [0.2, 0.25) is 0 Å². The van der Waals surface area contributed by atoms with Crippen molar-refractivity contribution in [3.05, 3.63) is 57.6 Å². The third-order valence-electron chi connectivity index (χ3n) is 3.75. The number of ether oxygens (including phenoxy) is 1. The summed E-state index contributed by atoms with van der Waals surface area (Å²) in [6.07, 6.45) is 0. The highest BCUT2D eigenvalue weighted by atomic mass is 16.8. The Morgan fingerprint density at radius 2 is 2.13 bits per heavy atom. The molecule has 120 valence electrons. The number of hydrogen-bond donors (Lipinski definition) is 3. The van der Waals surface area contributed by atoms with Crippen molar-refractivity contribution in [1.29, 1.82) is 5.26 Å². The lowest BCUT2D eigenvalue weighted by atomic mass is 9.81. The van der Waals surface area contributed by atoms with E-state index < -0.39 is 17.1 Å². The first-order valence-electron chi connectivity index (χ1n) is 6.91. The van der Waals surface area contributed by atoms with Crippen LogP contribution in [0.25, 0.3) is 0 Å². The van der Waals surface area contributed by atoms with Gasteiger partial charge in [0.15, 0.2) is 5.69 Å². The maximum Gasteiger partial charge on any atom is 0.336 e. The van der Waals surface area contributed by atoms with Gasteiger partial charge in [0, 0.05) is 23.5 Å². The molecule has 0 aliphatic carbocycles. The molecule has 2 rings (SSSR count). The Kier molecular flexibility index (Phi) is 4.81. The zero-order chi connectivity index (χ0) is 17.1. The van der Waals surface area contributed by atoms with E-state index in [1.165, 1.54) is 19.2 Å². The summed E-state index contributed by atoms with van der Waals surface area (Å²) in [7, 11) is 1.27. The third kappa shape index (κ3) is 3.10. The summed E-state index contributed by atoms with van der Waals surface area (Å²) in [5.74, 6) is -1.21. The van der Waals surface area contributed by atoms with Crippen LogP contribution in [0.15, 0.2) is 46.8 Å². The van der Waals surface area contributed by atoms with E-state index in [0.29, 0.717) is 28.1 Å². The number of nitrogens with zero attached hydrogens (tertiary/aromatic N) is 1. The average molecular weight is 315 g/mol. The minimum absolute atomic E-state index is 0.0952. The van der Waals surface area contributed by atoms with Crippen LogP contribution >= 0.6 is 0 Å². The van der Waals surface area contributed by atoms with Gasteiger partial charge in [0.25, 0.3) is 0 Å². The number of nitriles is 1. The van der Waals surface area contributed by atoms with Crippen LogP contribution in [0.2, 0.25) is 0 Å². The second-order valence-corrected chi connectivity index (χ2v) is 5.17. The van der Waals surface area contributed by atoms with E-state index in [-0.39, 0.29) is 5.69 Å². The van der Waals surface area contributed by atoms with Gasteiger partial charge in [-0.1, -0.05) is 12.1 Å². The molecule has 0 aromatic heterocycles. The SMILES string of the molecule is COC(=O)C1=C(C)NC(C)=C(C#N)[C@H]1c1cccc([NH+]([O-])O)c1. The number of nitrogens with one attached hydrogen (secondary N) is 2. The number of quaternary nitrogens is 1. The molecule has 3 N–H and O–H groups in total. The predicted octanol–water partition coefficient (Wildman–Crippen LogP) is 1.02. The lowest BCUT2D eigenvalue weighted by molar-refractivity contribution is -0.991. The Labute approximate surface area is 133 Å². The van der Waals surface area contributed by atoms with Crippen LogP contribution in [0.3, 0.4) is 0 Å². The van der Waals surface area contributed by atoms with Crippen molar-refractivity contribution in [1.82, 2.24) is 5.32 Å². The van der Waals surface area contributed by atoms with Gasteiger partial charge in [-0.05, 0) is 19.4 Å². The van der Waals surface area contributed by atoms with Crippen molar-refractivity contribution in [2.75, 3.05) is 7.11 Å². The van der Waals surface area contributed by atoms with Crippen molar-refractivity contribution < 1.29 is 20.0 Å². The summed E-state index contributed by atoms with van der Waals surface area (Å²) in [6, 6.07) is 8.33. The van der Waals surface area contributed by atoms with Crippen molar-refractivity contribution in [3.8, 4) is 6.07 Å². The Morgan fingerprint density at radius 3 is 2.70 bits per heavy atom. The van der Waals surface area contributed by atoms with Crippen molar-refractivity contribution in [2.24, 2.45) is 0 Å². The Balaban J connectivity index is 2.66. The molecular weight excluding hydrogens is 298 g/mol. The highest BCUT2D eigenvalue weighted by Gasteiger charge is 2.34. The van der Waals surface area contributed by atoms with Crippen LogP contribution in [0.1, 0.15) is 25.3 Å². The fourth-order valence-electron chi connectivity index (χ4n) is 2.71. The molecule has 0 saturated heterocycles. The van der Waals surface area contributed by atoms with Gasteiger partial charge in [0.05, 0.1) is 30.2 Å². The van der Waals surface area contributed by atoms with Gasteiger partial charge >= 0.3 is 5.97 Å². The Hall–Kier alpha value is -2.66. The standard InChI is InChI=1S/C16H17N3O4/c1-9-13(8-17)15(14(10(2)18-9)16(20)23-3)11-5-4-6-12(7-11)19(21)22/h4-7,15,18-19,21H,1-3H3/t15-/m1/s1. The van der Waals surface area contributed by atoms with Crippen molar-refractivity contribution in [2.45, 2.75) is 19.8 Å². The first-order valence-corrected chi connectivity index (χ1v) is 6.91. The number of hydrogen-bond acceptors (Lipinski definition) is 6. The fraction of sp³-hybridized carbons (Fsp3) is 0.250. The molecule has 0 radical (unpaired) electrons. The van der Waals surface area contributed by atoms with Gasteiger partial charge in [-0.15, -0.1) is 0 Å². The van der Waals surface area contributed by atoms with E-state index in [2.05, 4.69) is 11.4 Å². The van der Waals surface area contributed by atoms with Crippen LogP contribution in [0.4, 0.5) is 5.69 Å². The van der Waals surface area contributed by atoms with Gasteiger partial charge < -0.3 is 15.3 Å². The molecule has 1 heterocycles. The number of benzene rings is 1. The Bertz CT molecular complexity index is 744. The highest BCUT2D eigenvalue weighted by molar-refractivity contribution is 5.93. The maximum atomic E-state index is 12.2. The zero-order valence-corrected chi connectivity index (χ0v) is 13.0. The molecule has 1 aromatic carbocycles. The number of rotatable bonds is 3. The summed E-state index contributed by atoms with van der Waals surface area (Å²) >= 11 is 0. The lowest BCUT2D eigenvalue weighted by Gasteiger charge is -2.28. The molecule has 0 amide bonds. The fourth-order valence-corrected chi connectivity index (χ4v) is 2.71. The smallest absolute Gasteiger partial charge is 0.336 e. The number of dihydropyridines is 1. The molecule has 1 aliphatic heterocycles. The Morgan fingerprint density at radius 1 is 1.43 bits per heavy atom. The quantitative estimate of drug-likeness (QED) is 0.567. The van der Waals surface area contributed by atoms with E-state index in [9.17, 15) is 15.3 Å². The normalized spacial score (nSPS) is 19.0. The molecule has 1 unspecified atom stereocenters. The number of methoxy groups -OCH3 is 1. The predicted molar refractivity (Wildman–Crippen MR) is 81.1 cm³/mol. The second kappa shape index (κ2) is 6.62. The molecule has 7 heteroatoms. The van der Waals surface area contributed by atoms with E-state index in [1.807, 2.05) is 0 Å². The molecule has 2 atom stereocenters. The van der Waals surface area contributed by atoms with Gasteiger partial charge in [0.1, 0.15) is 0 Å². The summed E-state index contributed by atoms with van der Waals surface area (Å²) in [6.45, 7) is 3.46. The van der Waals surface area contributed by atoms with Gasteiger partial charge in [-0.3, -0.25) is 0 Å². The summed E-state index contributed by atoms with van der Waals surface area (Å²) in [4.78, 5) is 12.2. The largest absolute Gasteiger partial charge is 0.595 e. The number of allylic oxidation sites excluding steroid dienone is 3. The molecular formula is C16H17N3O4. The molecule has 0 saturated carbocycles. The monoisotopic (exact) mass is 315 g/mol. The maximum absolute atomic E-state index is 12.2. The second-order valence-electron chi connectivity index (χ2n) is 5.17. The van der Waals surface area contributed by atoms with E-state index in [1.54, 1.807) is 26.0 Å². The first kappa shape index (κ1) is 16.7. The van der Waals surface area contributed by atoms with Crippen molar-refractivity contribution >= 4 is 11.7 Å². The number of carbonyl (C=O) groups is 1. The molecule has 0 bridgehead atoms. The van der Waals surface area contributed by atoms with Crippen LogP contribution < -0.4 is 10.5 Å². The first-order chi connectivity index (χ1) is 10.9. The van der Waals surface area contributed by atoms with Crippen LogP contribution in [-0.2, 0) is 9.53 Å². The van der Waals surface area contributed by atoms with E-state index in [4.69, 9.17) is 9.94 Å². The van der Waals surface area contributed by atoms with Gasteiger partial charge in [-0.25, -0.2) is 10.0 Å². The topological polar surface area (TPSA) is 110 Å². The van der Waals surface area contributed by atoms with Crippen LogP contribution in [0, 0.1) is 16.5 Å². The number of esters is 1. The minimum atomic E-state index is -1.07.